The van der Waals surface area contributed by atoms with Crippen LogP contribution in [0.4, 0.5) is 8.78 Å². The van der Waals surface area contributed by atoms with Gasteiger partial charge in [0.05, 0.1) is 17.4 Å². The van der Waals surface area contributed by atoms with Gasteiger partial charge in [-0.1, -0.05) is 0 Å². The molecule has 3 rings (SSSR count). The van der Waals surface area contributed by atoms with Crippen molar-refractivity contribution in [1.29, 1.82) is 0 Å². The van der Waals surface area contributed by atoms with E-state index >= 15 is 0 Å². The molecule has 106 valence electrons. The third-order valence-electron chi connectivity index (χ3n) is 3.13. The maximum Gasteiger partial charge on any atom is 0.251 e. The van der Waals surface area contributed by atoms with Crippen LogP contribution in [0.25, 0.3) is 11.0 Å². The topological polar surface area (TPSA) is 57.8 Å². The summed E-state index contributed by atoms with van der Waals surface area (Å²) in [6, 6.07) is 8.12. The van der Waals surface area contributed by atoms with Crippen molar-refractivity contribution >= 4 is 16.9 Å². The summed E-state index contributed by atoms with van der Waals surface area (Å²) in [5.41, 5.74) is 2.01. The van der Waals surface area contributed by atoms with Crippen LogP contribution in [0.15, 0.2) is 42.7 Å². The molecular formula is C15H11F2N3O. The molecule has 4 nitrogen and oxygen atoms in total. The van der Waals surface area contributed by atoms with Crippen molar-refractivity contribution in [2.45, 2.75) is 6.54 Å². The average Bonchev–Trinajstić information content (AvgIpc) is 2.95. The van der Waals surface area contributed by atoms with E-state index in [1.165, 1.54) is 6.33 Å². The molecule has 2 aromatic carbocycles. The van der Waals surface area contributed by atoms with E-state index in [0.29, 0.717) is 5.56 Å². The summed E-state index contributed by atoms with van der Waals surface area (Å²) in [7, 11) is 0. The maximum absolute atomic E-state index is 13.5. The van der Waals surface area contributed by atoms with Crippen molar-refractivity contribution in [3.8, 4) is 0 Å². The van der Waals surface area contributed by atoms with E-state index in [0.717, 1.165) is 29.2 Å². The molecule has 0 bridgehead atoms. The molecule has 0 aliphatic carbocycles. The summed E-state index contributed by atoms with van der Waals surface area (Å²) in [5.74, 6) is -1.46. The fraction of sp³-hybridized carbons (Fsp3) is 0.0667. The smallest absolute Gasteiger partial charge is 0.251 e. The number of nitrogens with one attached hydrogen (secondary N) is 2. The molecule has 0 unspecified atom stereocenters. The van der Waals surface area contributed by atoms with Crippen molar-refractivity contribution in [3.05, 3.63) is 65.5 Å². The highest BCUT2D eigenvalue weighted by Crippen LogP contribution is 2.13. The largest absolute Gasteiger partial charge is 0.348 e. The van der Waals surface area contributed by atoms with Crippen LogP contribution >= 0.6 is 0 Å². The lowest BCUT2D eigenvalue weighted by Gasteiger charge is -2.06. The van der Waals surface area contributed by atoms with Gasteiger partial charge in [-0.05, 0) is 36.4 Å². The quantitative estimate of drug-likeness (QED) is 0.778. The number of carbonyl (C=O) groups is 1. The number of hydrogen-bond acceptors (Lipinski definition) is 2. The summed E-state index contributed by atoms with van der Waals surface area (Å²) in [6.45, 7) is -0.0799. The van der Waals surface area contributed by atoms with Gasteiger partial charge in [-0.15, -0.1) is 0 Å². The van der Waals surface area contributed by atoms with Crippen molar-refractivity contribution in [2.24, 2.45) is 0 Å². The molecule has 6 heteroatoms. The predicted octanol–water partition coefficient (Wildman–Crippen LogP) is 2.77. The van der Waals surface area contributed by atoms with Crippen LogP contribution in [0, 0.1) is 11.6 Å². The number of aromatic amines is 1. The van der Waals surface area contributed by atoms with Gasteiger partial charge in [0.2, 0.25) is 0 Å². The fourth-order valence-electron chi connectivity index (χ4n) is 2.03. The van der Waals surface area contributed by atoms with Gasteiger partial charge in [-0.2, -0.15) is 0 Å². The monoisotopic (exact) mass is 287 g/mol. The van der Waals surface area contributed by atoms with Gasteiger partial charge < -0.3 is 10.3 Å². The number of hydrogen-bond donors (Lipinski definition) is 2. The Morgan fingerprint density at radius 3 is 2.90 bits per heavy atom. The summed E-state index contributed by atoms with van der Waals surface area (Å²) in [4.78, 5) is 19.0. The van der Waals surface area contributed by atoms with E-state index in [9.17, 15) is 13.6 Å². The molecule has 1 heterocycles. The highest BCUT2D eigenvalue weighted by molar-refractivity contribution is 5.97. The molecule has 0 saturated heterocycles. The van der Waals surface area contributed by atoms with Crippen LogP contribution < -0.4 is 5.32 Å². The van der Waals surface area contributed by atoms with Crippen LogP contribution in [0.5, 0.6) is 0 Å². The molecule has 0 saturated carbocycles. The lowest BCUT2D eigenvalue weighted by atomic mass is 10.1. The normalized spacial score (nSPS) is 10.8. The number of imidazole rings is 1. The second-order valence-corrected chi connectivity index (χ2v) is 4.55. The first-order chi connectivity index (χ1) is 10.1. The number of carbonyl (C=O) groups excluding carboxylic acids is 1. The summed E-state index contributed by atoms with van der Waals surface area (Å²) >= 11 is 0. The number of fused-ring (bicyclic) bond motifs is 1. The van der Waals surface area contributed by atoms with Crippen molar-refractivity contribution in [2.75, 3.05) is 0 Å². The highest BCUT2D eigenvalue weighted by Gasteiger charge is 2.09. The van der Waals surface area contributed by atoms with E-state index in [1.54, 1.807) is 18.2 Å². The SMILES string of the molecule is O=C(NCc1cc(F)ccc1F)c1ccc2nc[nH]c2c1. The van der Waals surface area contributed by atoms with E-state index in [2.05, 4.69) is 15.3 Å². The first-order valence-corrected chi connectivity index (χ1v) is 6.29. The minimum Gasteiger partial charge on any atom is -0.348 e. The molecule has 0 spiro atoms. The maximum atomic E-state index is 13.5. The number of H-pyrrole nitrogens is 1. The molecule has 3 aromatic rings. The Bertz CT molecular complexity index is 814. The van der Waals surface area contributed by atoms with Crippen LogP contribution in [-0.2, 0) is 6.54 Å². The first-order valence-electron chi connectivity index (χ1n) is 6.29. The number of aromatic nitrogens is 2. The second kappa shape index (κ2) is 5.32. The van der Waals surface area contributed by atoms with Crippen molar-refractivity contribution in [3.63, 3.8) is 0 Å². The molecule has 0 aliphatic heterocycles. The number of halogens is 2. The third-order valence-corrected chi connectivity index (χ3v) is 3.13. The molecule has 0 radical (unpaired) electrons. The van der Waals surface area contributed by atoms with Gasteiger partial charge in [0, 0.05) is 17.7 Å². The highest BCUT2D eigenvalue weighted by atomic mass is 19.1. The third kappa shape index (κ3) is 2.74. The van der Waals surface area contributed by atoms with E-state index in [1.807, 2.05) is 0 Å². The lowest BCUT2D eigenvalue weighted by Crippen LogP contribution is -2.23. The summed E-state index contributed by atoms with van der Waals surface area (Å²) < 4.78 is 26.5. The molecular weight excluding hydrogens is 276 g/mol. The van der Waals surface area contributed by atoms with Gasteiger partial charge in [-0.3, -0.25) is 4.79 Å². The molecule has 21 heavy (non-hydrogen) atoms. The molecule has 0 atom stereocenters. The van der Waals surface area contributed by atoms with Gasteiger partial charge in [0.25, 0.3) is 5.91 Å². The average molecular weight is 287 g/mol. The lowest BCUT2D eigenvalue weighted by molar-refractivity contribution is 0.0950. The Kier molecular flexibility index (Phi) is 3.35. The van der Waals surface area contributed by atoms with Crippen LogP contribution in [-0.4, -0.2) is 15.9 Å². The summed E-state index contributed by atoms with van der Waals surface area (Å²) in [5, 5.41) is 2.56. The van der Waals surface area contributed by atoms with E-state index in [4.69, 9.17) is 0 Å². The fourth-order valence-corrected chi connectivity index (χ4v) is 2.03. The van der Waals surface area contributed by atoms with E-state index < -0.39 is 11.6 Å². The van der Waals surface area contributed by atoms with E-state index in [-0.39, 0.29) is 18.0 Å². The predicted molar refractivity (Wildman–Crippen MR) is 73.6 cm³/mol. The van der Waals surface area contributed by atoms with Crippen LogP contribution in [0.1, 0.15) is 15.9 Å². The van der Waals surface area contributed by atoms with Crippen molar-refractivity contribution < 1.29 is 13.6 Å². The van der Waals surface area contributed by atoms with Gasteiger partial charge in [0.1, 0.15) is 11.6 Å². The minimum atomic E-state index is -0.555. The molecule has 0 fully saturated rings. The molecule has 2 N–H and O–H groups in total. The Morgan fingerprint density at radius 2 is 2.05 bits per heavy atom. The minimum absolute atomic E-state index is 0.0799. The number of nitrogens with zero attached hydrogens (tertiary/aromatic N) is 1. The number of amides is 1. The van der Waals surface area contributed by atoms with Crippen molar-refractivity contribution in [1.82, 2.24) is 15.3 Å². The number of benzene rings is 2. The zero-order valence-electron chi connectivity index (χ0n) is 10.9. The zero-order chi connectivity index (χ0) is 14.8. The van der Waals surface area contributed by atoms with Gasteiger partial charge in [-0.25, -0.2) is 13.8 Å². The number of rotatable bonds is 3. The Morgan fingerprint density at radius 1 is 1.19 bits per heavy atom. The molecule has 1 aromatic heterocycles. The first kappa shape index (κ1) is 13.2. The van der Waals surface area contributed by atoms with Crippen LogP contribution in [0.3, 0.4) is 0 Å². The Balaban J connectivity index is 1.75. The Hall–Kier alpha value is -2.76. The summed E-state index contributed by atoms with van der Waals surface area (Å²) in [6.07, 6.45) is 1.54. The van der Waals surface area contributed by atoms with Crippen LogP contribution in [0.2, 0.25) is 0 Å². The second-order valence-electron chi connectivity index (χ2n) is 4.55. The zero-order valence-corrected chi connectivity index (χ0v) is 10.9. The molecule has 0 aliphatic rings. The standard InChI is InChI=1S/C15H11F2N3O/c16-11-2-3-12(17)10(5-11)7-18-15(21)9-1-4-13-14(6-9)20-8-19-13/h1-6,8H,7H2,(H,18,21)(H,19,20). The van der Waals surface area contributed by atoms with Gasteiger partial charge in [0.15, 0.2) is 0 Å². The Labute approximate surface area is 118 Å². The van der Waals surface area contributed by atoms with Gasteiger partial charge >= 0.3 is 0 Å². The molecule has 1 amide bonds.